The summed E-state index contributed by atoms with van der Waals surface area (Å²) in [4.78, 5) is 12.5. The van der Waals surface area contributed by atoms with Gasteiger partial charge in [0.1, 0.15) is 5.75 Å². The molecule has 0 spiro atoms. The second-order valence-corrected chi connectivity index (χ2v) is 7.94. The van der Waals surface area contributed by atoms with E-state index in [0.29, 0.717) is 42.8 Å². The van der Waals surface area contributed by atoms with Crippen LogP contribution < -0.4 is 10.1 Å². The van der Waals surface area contributed by atoms with Gasteiger partial charge in [-0.25, -0.2) is 4.68 Å². The molecule has 1 N–H and O–H groups in total. The zero-order valence-electron chi connectivity index (χ0n) is 20.4. The highest BCUT2D eigenvalue weighted by Gasteiger charge is 2.22. The lowest BCUT2D eigenvalue weighted by Crippen LogP contribution is -2.25. The van der Waals surface area contributed by atoms with Gasteiger partial charge in [0.25, 0.3) is 11.8 Å². The van der Waals surface area contributed by atoms with Gasteiger partial charge in [0.15, 0.2) is 5.69 Å². The molecule has 4 rings (SSSR count). The third-order valence-electron chi connectivity index (χ3n) is 5.54. The minimum atomic E-state index is -0.123. The van der Waals surface area contributed by atoms with Crippen LogP contribution in [0.4, 0.5) is 0 Å². The van der Waals surface area contributed by atoms with Gasteiger partial charge in [-0.15, -0.1) is 10.2 Å². The quantitative estimate of drug-likeness (QED) is 0.340. The van der Waals surface area contributed by atoms with E-state index in [1.807, 2.05) is 54.9 Å². The summed E-state index contributed by atoms with van der Waals surface area (Å²) < 4.78 is 18.1. The Balaban J connectivity index is 1.65. The fourth-order valence-corrected chi connectivity index (χ4v) is 3.74. The number of nitrogens with zero attached hydrogens (tertiary/aromatic N) is 4. The predicted molar refractivity (Wildman–Crippen MR) is 132 cm³/mol. The first-order valence-corrected chi connectivity index (χ1v) is 11.5. The average Bonchev–Trinajstić information content (AvgIpc) is 3.46. The summed E-state index contributed by atoms with van der Waals surface area (Å²) >= 11 is 0. The summed E-state index contributed by atoms with van der Waals surface area (Å²) in [5, 5.41) is 15.8. The van der Waals surface area contributed by atoms with Crippen molar-refractivity contribution in [1.82, 2.24) is 25.3 Å². The largest absolute Gasteiger partial charge is 0.497 e. The highest BCUT2D eigenvalue weighted by atomic mass is 16.5. The number of benzene rings is 2. The number of ether oxygens (including phenoxy) is 2. The molecule has 182 valence electrons. The summed E-state index contributed by atoms with van der Waals surface area (Å²) in [6, 6.07) is 15.1. The van der Waals surface area contributed by atoms with Crippen LogP contribution in [-0.4, -0.2) is 52.8 Å². The zero-order valence-corrected chi connectivity index (χ0v) is 20.4. The summed E-state index contributed by atoms with van der Waals surface area (Å²) in [6.07, 6.45) is 0.771. The van der Waals surface area contributed by atoms with Gasteiger partial charge in [-0.3, -0.25) is 4.79 Å². The van der Waals surface area contributed by atoms with Crippen molar-refractivity contribution in [3.05, 3.63) is 65.5 Å². The predicted octanol–water partition coefficient (Wildman–Crippen LogP) is 4.37. The molecule has 0 unspecified atom stereocenters. The molecule has 0 aliphatic rings. The molecule has 0 saturated carbocycles. The van der Waals surface area contributed by atoms with E-state index in [1.165, 1.54) is 0 Å². The Kier molecular flexibility index (Phi) is 7.57. The highest BCUT2D eigenvalue weighted by Crippen LogP contribution is 2.34. The molecule has 9 nitrogen and oxygen atoms in total. The molecule has 35 heavy (non-hydrogen) atoms. The maximum atomic E-state index is 12.5. The van der Waals surface area contributed by atoms with Crippen molar-refractivity contribution in [3.8, 4) is 34.3 Å². The molecule has 4 aromatic rings. The van der Waals surface area contributed by atoms with E-state index in [2.05, 4.69) is 15.5 Å². The van der Waals surface area contributed by atoms with Gasteiger partial charge in [0, 0.05) is 43.4 Å². The molecular weight excluding hydrogens is 446 g/mol. The van der Waals surface area contributed by atoms with E-state index in [4.69, 9.17) is 19.0 Å². The Morgan fingerprint density at radius 3 is 2.43 bits per heavy atom. The number of methoxy groups -OCH3 is 1. The number of nitrogens with one attached hydrogen (secondary N) is 1. The molecule has 0 atom stereocenters. The standard InChI is InChI=1S/C26H29N5O4/c1-5-34-16-6-15-27-25(32)20-7-11-21(12-8-20)31-24(19-9-13-22(33-4)14-10-19)17(2)23(30-31)26-29-28-18(3)35-26/h7-14H,5-6,15-16H2,1-4H3,(H,27,32). The Morgan fingerprint density at radius 2 is 1.80 bits per heavy atom. The number of hydrogen-bond donors (Lipinski definition) is 1. The lowest BCUT2D eigenvalue weighted by Gasteiger charge is -2.11. The lowest BCUT2D eigenvalue weighted by atomic mass is 10.1. The summed E-state index contributed by atoms with van der Waals surface area (Å²) in [7, 11) is 1.64. The molecular formula is C26H29N5O4. The summed E-state index contributed by atoms with van der Waals surface area (Å²) in [6.45, 7) is 7.54. The van der Waals surface area contributed by atoms with Crippen LogP contribution in [0.3, 0.4) is 0 Å². The van der Waals surface area contributed by atoms with Crippen molar-refractivity contribution in [2.75, 3.05) is 26.9 Å². The van der Waals surface area contributed by atoms with Crippen LogP contribution in [0.15, 0.2) is 52.9 Å². The maximum Gasteiger partial charge on any atom is 0.268 e. The highest BCUT2D eigenvalue weighted by molar-refractivity contribution is 5.94. The number of hydrogen-bond acceptors (Lipinski definition) is 7. The van der Waals surface area contributed by atoms with Gasteiger partial charge in [-0.05, 0) is 68.8 Å². The molecule has 0 saturated heterocycles. The van der Waals surface area contributed by atoms with E-state index in [-0.39, 0.29) is 5.91 Å². The smallest absolute Gasteiger partial charge is 0.268 e. The molecule has 9 heteroatoms. The maximum absolute atomic E-state index is 12.5. The molecule has 2 heterocycles. The van der Waals surface area contributed by atoms with Crippen molar-refractivity contribution >= 4 is 5.91 Å². The zero-order chi connectivity index (χ0) is 24.8. The van der Waals surface area contributed by atoms with Crippen molar-refractivity contribution in [3.63, 3.8) is 0 Å². The van der Waals surface area contributed by atoms with Gasteiger partial charge in [-0.1, -0.05) is 0 Å². The minimum absolute atomic E-state index is 0.123. The van der Waals surface area contributed by atoms with Crippen molar-refractivity contribution in [1.29, 1.82) is 0 Å². The number of carbonyl (C=O) groups excluding carboxylic acids is 1. The number of rotatable bonds is 10. The van der Waals surface area contributed by atoms with E-state index in [9.17, 15) is 4.79 Å². The van der Waals surface area contributed by atoms with E-state index < -0.39 is 0 Å². The average molecular weight is 476 g/mol. The van der Waals surface area contributed by atoms with E-state index in [1.54, 1.807) is 26.2 Å². The number of aryl methyl sites for hydroxylation is 1. The third-order valence-corrected chi connectivity index (χ3v) is 5.54. The summed E-state index contributed by atoms with van der Waals surface area (Å²) in [5.41, 5.74) is 4.71. The van der Waals surface area contributed by atoms with Crippen LogP contribution in [0.2, 0.25) is 0 Å². The van der Waals surface area contributed by atoms with Crippen molar-refractivity contribution < 1.29 is 18.7 Å². The van der Waals surface area contributed by atoms with Crippen molar-refractivity contribution in [2.45, 2.75) is 27.2 Å². The monoisotopic (exact) mass is 475 g/mol. The normalized spacial score (nSPS) is 11.0. The van der Waals surface area contributed by atoms with Crippen LogP contribution in [0.5, 0.6) is 5.75 Å². The van der Waals surface area contributed by atoms with Gasteiger partial charge < -0.3 is 19.2 Å². The molecule has 0 aliphatic carbocycles. The van der Waals surface area contributed by atoms with Crippen LogP contribution in [0.25, 0.3) is 28.5 Å². The minimum Gasteiger partial charge on any atom is -0.497 e. The molecule has 1 amide bonds. The van der Waals surface area contributed by atoms with Crippen molar-refractivity contribution in [2.24, 2.45) is 0 Å². The Labute approximate surface area is 204 Å². The van der Waals surface area contributed by atoms with E-state index >= 15 is 0 Å². The molecule has 0 radical (unpaired) electrons. The van der Waals surface area contributed by atoms with Gasteiger partial charge in [-0.2, -0.15) is 5.10 Å². The molecule has 2 aromatic carbocycles. The van der Waals surface area contributed by atoms with E-state index in [0.717, 1.165) is 34.7 Å². The van der Waals surface area contributed by atoms with Crippen LogP contribution in [-0.2, 0) is 4.74 Å². The summed E-state index contributed by atoms with van der Waals surface area (Å²) in [5.74, 6) is 1.47. The molecule has 0 bridgehead atoms. The van der Waals surface area contributed by atoms with Crippen LogP contribution in [0.1, 0.15) is 35.2 Å². The first-order valence-electron chi connectivity index (χ1n) is 11.5. The number of aromatic nitrogens is 4. The topological polar surface area (TPSA) is 104 Å². The van der Waals surface area contributed by atoms with Gasteiger partial charge in [0.2, 0.25) is 5.89 Å². The molecule has 0 fully saturated rings. The SMILES string of the molecule is CCOCCCNC(=O)c1ccc(-n2nc(-c3nnc(C)o3)c(C)c2-c2ccc(OC)cc2)cc1. The first-order chi connectivity index (χ1) is 17.0. The molecule has 2 aromatic heterocycles. The van der Waals surface area contributed by atoms with Gasteiger partial charge in [0.05, 0.1) is 18.5 Å². The Hall–Kier alpha value is -3.98. The fraction of sp³-hybridized carbons (Fsp3) is 0.308. The van der Waals surface area contributed by atoms with Crippen LogP contribution in [0, 0.1) is 13.8 Å². The second-order valence-electron chi connectivity index (χ2n) is 7.94. The number of carbonyl (C=O) groups is 1. The third kappa shape index (κ3) is 5.41. The Bertz CT molecular complexity index is 1280. The fourth-order valence-electron chi connectivity index (χ4n) is 3.74. The van der Waals surface area contributed by atoms with Crippen LogP contribution >= 0.6 is 0 Å². The number of amides is 1. The second kappa shape index (κ2) is 11.0. The Morgan fingerprint density at radius 1 is 1.06 bits per heavy atom. The first kappa shape index (κ1) is 24.2. The molecule has 0 aliphatic heterocycles. The van der Waals surface area contributed by atoms with Gasteiger partial charge >= 0.3 is 0 Å². The lowest BCUT2D eigenvalue weighted by molar-refractivity contribution is 0.0944.